The van der Waals surface area contributed by atoms with Crippen LogP contribution in [0.2, 0.25) is 4.34 Å². The van der Waals surface area contributed by atoms with Crippen LogP contribution < -0.4 is 5.32 Å². The number of carbonyl (C=O) groups excluding carboxylic acids is 1. The third-order valence-electron chi connectivity index (χ3n) is 2.72. The molecular formula is C14H13BrClNOS. The summed E-state index contributed by atoms with van der Waals surface area (Å²) >= 11 is 10.9. The minimum absolute atomic E-state index is 0.0572. The SMILES string of the molecule is Cc1cccc(C(=O)NCCc2ccc(Cl)s2)c1Br. The monoisotopic (exact) mass is 357 g/mol. The molecule has 0 saturated carbocycles. The molecule has 1 N–H and O–H groups in total. The molecule has 2 aromatic rings. The lowest BCUT2D eigenvalue weighted by Crippen LogP contribution is -2.25. The first-order valence-corrected chi connectivity index (χ1v) is 7.84. The molecule has 0 aliphatic heterocycles. The maximum Gasteiger partial charge on any atom is 0.252 e. The number of carbonyl (C=O) groups is 1. The van der Waals surface area contributed by atoms with E-state index >= 15 is 0 Å². The van der Waals surface area contributed by atoms with Gasteiger partial charge in [-0.15, -0.1) is 11.3 Å². The predicted molar refractivity (Wildman–Crippen MR) is 84.2 cm³/mol. The number of nitrogens with one attached hydrogen (secondary N) is 1. The summed E-state index contributed by atoms with van der Waals surface area (Å²) in [5, 5.41) is 2.92. The molecule has 0 aliphatic carbocycles. The Hall–Kier alpha value is -0.840. The van der Waals surface area contributed by atoms with Crippen LogP contribution in [-0.4, -0.2) is 12.5 Å². The number of benzene rings is 1. The quantitative estimate of drug-likeness (QED) is 0.860. The van der Waals surface area contributed by atoms with E-state index in [1.165, 1.54) is 4.88 Å². The molecule has 0 unspecified atom stereocenters. The van der Waals surface area contributed by atoms with Crippen molar-refractivity contribution in [2.75, 3.05) is 6.54 Å². The summed E-state index contributed by atoms with van der Waals surface area (Å²) in [6, 6.07) is 9.53. The maximum atomic E-state index is 12.0. The molecule has 0 atom stereocenters. The second-order valence-corrected chi connectivity index (χ2v) is 6.74. The van der Waals surface area contributed by atoms with Crippen LogP contribution in [0.5, 0.6) is 0 Å². The summed E-state index contributed by atoms with van der Waals surface area (Å²) in [7, 11) is 0. The van der Waals surface area contributed by atoms with Gasteiger partial charge in [-0.25, -0.2) is 0 Å². The average Bonchev–Trinajstić information content (AvgIpc) is 2.78. The second-order valence-electron chi connectivity index (χ2n) is 4.15. The van der Waals surface area contributed by atoms with Crippen molar-refractivity contribution >= 4 is 44.8 Å². The highest BCUT2D eigenvalue weighted by Gasteiger charge is 2.10. The van der Waals surface area contributed by atoms with Gasteiger partial charge in [-0.2, -0.15) is 0 Å². The van der Waals surface area contributed by atoms with Gasteiger partial charge in [0.15, 0.2) is 0 Å². The van der Waals surface area contributed by atoms with E-state index in [9.17, 15) is 4.79 Å². The number of rotatable bonds is 4. The number of hydrogen-bond donors (Lipinski definition) is 1. The zero-order chi connectivity index (χ0) is 13.8. The topological polar surface area (TPSA) is 29.1 Å². The van der Waals surface area contributed by atoms with Gasteiger partial charge in [0.2, 0.25) is 0 Å². The van der Waals surface area contributed by atoms with Crippen LogP contribution in [0.15, 0.2) is 34.8 Å². The molecule has 1 amide bonds. The molecule has 19 heavy (non-hydrogen) atoms. The van der Waals surface area contributed by atoms with Crippen LogP contribution in [0.25, 0.3) is 0 Å². The molecule has 2 rings (SSSR count). The van der Waals surface area contributed by atoms with E-state index in [2.05, 4.69) is 21.2 Å². The highest BCUT2D eigenvalue weighted by atomic mass is 79.9. The Morgan fingerprint density at radius 1 is 1.37 bits per heavy atom. The van der Waals surface area contributed by atoms with Gasteiger partial charge in [0.25, 0.3) is 5.91 Å². The molecular weight excluding hydrogens is 346 g/mol. The lowest BCUT2D eigenvalue weighted by atomic mass is 10.1. The number of hydrogen-bond acceptors (Lipinski definition) is 2. The molecule has 0 bridgehead atoms. The molecule has 100 valence electrons. The Balaban J connectivity index is 1.93. The normalized spacial score (nSPS) is 10.5. The number of thiophene rings is 1. The molecule has 1 heterocycles. The van der Waals surface area contributed by atoms with Gasteiger partial charge in [-0.05, 0) is 53.0 Å². The fraction of sp³-hybridized carbons (Fsp3) is 0.214. The van der Waals surface area contributed by atoms with Crippen LogP contribution in [0.4, 0.5) is 0 Å². The van der Waals surface area contributed by atoms with E-state index in [4.69, 9.17) is 11.6 Å². The Bertz CT molecular complexity index is 597. The fourth-order valence-electron chi connectivity index (χ4n) is 1.70. The lowest BCUT2D eigenvalue weighted by molar-refractivity contribution is 0.0953. The van der Waals surface area contributed by atoms with E-state index in [0.29, 0.717) is 12.1 Å². The molecule has 0 radical (unpaired) electrons. The molecule has 5 heteroatoms. The number of halogens is 2. The molecule has 2 nitrogen and oxygen atoms in total. The summed E-state index contributed by atoms with van der Waals surface area (Å²) in [4.78, 5) is 13.2. The summed E-state index contributed by atoms with van der Waals surface area (Å²) in [5.74, 6) is -0.0572. The van der Waals surface area contributed by atoms with Gasteiger partial charge < -0.3 is 5.32 Å². The van der Waals surface area contributed by atoms with Gasteiger partial charge in [-0.3, -0.25) is 4.79 Å². The van der Waals surface area contributed by atoms with Gasteiger partial charge in [0, 0.05) is 15.9 Å². The van der Waals surface area contributed by atoms with Crippen LogP contribution in [0, 0.1) is 6.92 Å². The summed E-state index contributed by atoms with van der Waals surface area (Å²) < 4.78 is 1.63. The first-order chi connectivity index (χ1) is 9.08. The van der Waals surface area contributed by atoms with Crippen molar-refractivity contribution in [2.45, 2.75) is 13.3 Å². The van der Waals surface area contributed by atoms with Crippen LogP contribution in [-0.2, 0) is 6.42 Å². The highest BCUT2D eigenvalue weighted by molar-refractivity contribution is 9.10. The third-order valence-corrected chi connectivity index (χ3v) is 5.07. The van der Waals surface area contributed by atoms with Crippen LogP contribution >= 0.6 is 38.9 Å². The Morgan fingerprint density at radius 2 is 2.16 bits per heavy atom. The standard InChI is InChI=1S/C14H13BrClNOS/c1-9-3-2-4-11(13(9)15)14(18)17-8-7-10-5-6-12(16)19-10/h2-6H,7-8H2,1H3,(H,17,18). The number of amides is 1. The van der Waals surface area contributed by atoms with Crippen molar-refractivity contribution in [1.82, 2.24) is 5.32 Å². The zero-order valence-electron chi connectivity index (χ0n) is 10.4. The first-order valence-electron chi connectivity index (χ1n) is 5.85. The van der Waals surface area contributed by atoms with Crippen molar-refractivity contribution in [3.63, 3.8) is 0 Å². The van der Waals surface area contributed by atoms with E-state index in [-0.39, 0.29) is 5.91 Å². The maximum absolute atomic E-state index is 12.0. The average molecular weight is 359 g/mol. The smallest absolute Gasteiger partial charge is 0.252 e. The van der Waals surface area contributed by atoms with E-state index < -0.39 is 0 Å². The van der Waals surface area contributed by atoms with Crippen LogP contribution in [0.1, 0.15) is 20.8 Å². The first kappa shape index (κ1) is 14.6. The molecule has 0 spiro atoms. The zero-order valence-corrected chi connectivity index (χ0v) is 13.5. The van der Waals surface area contributed by atoms with Crippen molar-refractivity contribution in [1.29, 1.82) is 0 Å². The molecule has 1 aromatic heterocycles. The third kappa shape index (κ3) is 3.81. The predicted octanol–water partition coefficient (Wildman–Crippen LogP) is 4.44. The van der Waals surface area contributed by atoms with Crippen molar-refractivity contribution in [3.05, 3.63) is 55.1 Å². The number of aryl methyl sites for hydroxylation is 1. The summed E-state index contributed by atoms with van der Waals surface area (Å²) in [6.07, 6.45) is 0.798. The fourth-order valence-corrected chi connectivity index (χ4v) is 3.23. The van der Waals surface area contributed by atoms with Crippen LogP contribution in [0.3, 0.4) is 0 Å². The molecule has 0 aliphatic rings. The van der Waals surface area contributed by atoms with E-state index in [1.807, 2.05) is 37.3 Å². The van der Waals surface area contributed by atoms with E-state index in [1.54, 1.807) is 11.3 Å². The largest absolute Gasteiger partial charge is 0.352 e. The Kier molecular flexibility index (Phi) is 5.02. The van der Waals surface area contributed by atoms with Gasteiger partial charge in [0.1, 0.15) is 0 Å². The van der Waals surface area contributed by atoms with Crippen molar-refractivity contribution in [2.24, 2.45) is 0 Å². The van der Waals surface area contributed by atoms with Crippen molar-refractivity contribution in [3.8, 4) is 0 Å². The van der Waals surface area contributed by atoms with Gasteiger partial charge in [-0.1, -0.05) is 23.7 Å². The van der Waals surface area contributed by atoms with E-state index in [0.717, 1.165) is 20.8 Å². The highest BCUT2D eigenvalue weighted by Crippen LogP contribution is 2.22. The van der Waals surface area contributed by atoms with Gasteiger partial charge in [0.05, 0.1) is 9.90 Å². The van der Waals surface area contributed by atoms with Crippen molar-refractivity contribution < 1.29 is 4.79 Å². The minimum Gasteiger partial charge on any atom is -0.352 e. The molecule has 1 aromatic carbocycles. The molecule has 0 saturated heterocycles. The Labute approximate surface area is 129 Å². The lowest BCUT2D eigenvalue weighted by Gasteiger charge is -2.07. The second kappa shape index (κ2) is 6.55. The molecule has 0 fully saturated rings. The Morgan fingerprint density at radius 3 is 2.84 bits per heavy atom. The minimum atomic E-state index is -0.0572. The summed E-state index contributed by atoms with van der Waals surface area (Å²) in [5.41, 5.74) is 1.72. The summed E-state index contributed by atoms with van der Waals surface area (Å²) in [6.45, 7) is 2.57. The van der Waals surface area contributed by atoms with Gasteiger partial charge >= 0.3 is 0 Å².